The van der Waals surface area contributed by atoms with Gasteiger partial charge < -0.3 is 5.32 Å². The van der Waals surface area contributed by atoms with Crippen LogP contribution in [0.4, 0.5) is 18.9 Å². The molecule has 2 aromatic carbocycles. The maximum atomic E-state index is 13.5. The van der Waals surface area contributed by atoms with E-state index in [9.17, 15) is 18.0 Å². The van der Waals surface area contributed by atoms with Crippen LogP contribution < -0.4 is 5.32 Å². The molecule has 2 aromatic rings. The summed E-state index contributed by atoms with van der Waals surface area (Å²) in [6.45, 7) is 6.12. The van der Waals surface area contributed by atoms with E-state index in [1.54, 1.807) is 24.3 Å². The standard InChI is InChI=1S/C17H16F3NO/c1-17(2,3)11-6-4-10(5-7-11)16(22)21-13-9-8-12(18)14(19)15(13)20/h4-9H,1-3H3,(H,21,22). The number of amides is 1. The normalized spacial score (nSPS) is 11.4. The molecule has 0 aliphatic carbocycles. The Morgan fingerprint density at radius 3 is 2.05 bits per heavy atom. The Labute approximate surface area is 127 Å². The number of nitrogens with one attached hydrogen (secondary N) is 1. The zero-order valence-electron chi connectivity index (χ0n) is 12.5. The van der Waals surface area contributed by atoms with Crippen LogP contribution in [0.1, 0.15) is 36.7 Å². The molecule has 0 unspecified atom stereocenters. The summed E-state index contributed by atoms with van der Waals surface area (Å²) in [4.78, 5) is 12.0. The first-order valence-corrected chi connectivity index (χ1v) is 6.75. The molecule has 0 heterocycles. The smallest absolute Gasteiger partial charge is 0.255 e. The zero-order valence-corrected chi connectivity index (χ0v) is 12.5. The van der Waals surface area contributed by atoms with Crippen molar-refractivity contribution in [2.24, 2.45) is 0 Å². The average Bonchev–Trinajstić information content (AvgIpc) is 2.47. The van der Waals surface area contributed by atoms with Gasteiger partial charge in [0.2, 0.25) is 0 Å². The van der Waals surface area contributed by atoms with Crippen LogP contribution in [0, 0.1) is 17.5 Å². The number of benzene rings is 2. The van der Waals surface area contributed by atoms with Crippen molar-refractivity contribution in [1.82, 2.24) is 0 Å². The highest BCUT2D eigenvalue weighted by molar-refractivity contribution is 6.04. The lowest BCUT2D eigenvalue weighted by atomic mass is 9.87. The van der Waals surface area contributed by atoms with E-state index in [0.29, 0.717) is 5.56 Å². The highest BCUT2D eigenvalue weighted by Crippen LogP contribution is 2.23. The second-order valence-electron chi connectivity index (χ2n) is 6.00. The number of anilines is 1. The van der Waals surface area contributed by atoms with E-state index < -0.39 is 29.0 Å². The van der Waals surface area contributed by atoms with Crippen LogP contribution in [0.25, 0.3) is 0 Å². The predicted octanol–water partition coefficient (Wildman–Crippen LogP) is 4.65. The average molecular weight is 307 g/mol. The number of rotatable bonds is 2. The summed E-state index contributed by atoms with van der Waals surface area (Å²) < 4.78 is 39.5. The fourth-order valence-electron chi connectivity index (χ4n) is 1.94. The van der Waals surface area contributed by atoms with Gasteiger partial charge in [-0.05, 0) is 35.2 Å². The predicted molar refractivity (Wildman–Crippen MR) is 79.4 cm³/mol. The molecule has 1 amide bonds. The Morgan fingerprint density at radius 2 is 1.50 bits per heavy atom. The number of carbonyl (C=O) groups is 1. The van der Waals surface area contributed by atoms with Crippen molar-refractivity contribution < 1.29 is 18.0 Å². The monoisotopic (exact) mass is 307 g/mol. The molecule has 0 aliphatic heterocycles. The van der Waals surface area contributed by atoms with Crippen molar-refractivity contribution in [2.45, 2.75) is 26.2 Å². The van der Waals surface area contributed by atoms with Crippen LogP contribution in [0.15, 0.2) is 36.4 Å². The Morgan fingerprint density at radius 1 is 0.909 bits per heavy atom. The summed E-state index contributed by atoms with van der Waals surface area (Å²) in [7, 11) is 0. The summed E-state index contributed by atoms with van der Waals surface area (Å²) in [5.74, 6) is -4.92. The maximum absolute atomic E-state index is 13.5. The lowest BCUT2D eigenvalue weighted by Gasteiger charge is -2.19. The van der Waals surface area contributed by atoms with Crippen molar-refractivity contribution in [2.75, 3.05) is 5.32 Å². The number of hydrogen-bond donors (Lipinski definition) is 1. The van der Waals surface area contributed by atoms with Gasteiger partial charge in [0.05, 0.1) is 5.69 Å². The van der Waals surface area contributed by atoms with Crippen molar-refractivity contribution in [1.29, 1.82) is 0 Å². The Hall–Kier alpha value is -2.30. The lowest BCUT2D eigenvalue weighted by molar-refractivity contribution is 0.102. The molecule has 2 nitrogen and oxygen atoms in total. The van der Waals surface area contributed by atoms with Gasteiger partial charge in [0.1, 0.15) is 0 Å². The number of halogens is 3. The van der Waals surface area contributed by atoms with Gasteiger partial charge in [-0.2, -0.15) is 0 Å². The van der Waals surface area contributed by atoms with Crippen LogP contribution in [-0.4, -0.2) is 5.91 Å². The number of carbonyl (C=O) groups excluding carboxylic acids is 1. The van der Waals surface area contributed by atoms with E-state index in [1.807, 2.05) is 20.8 Å². The Kier molecular flexibility index (Phi) is 4.26. The van der Waals surface area contributed by atoms with Gasteiger partial charge in [-0.3, -0.25) is 4.79 Å². The molecule has 0 spiro atoms. The molecule has 0 saturated carbocycles. The molecule has 0 aliphatic rings. The van der Waals surface area contributed by atoms with Crippen molar-refractivity contribution in [3.05, 3.63) is 65.0 Å². The Bertz CT molecular complexity index is 703. The summed E-state index contributed by atoms with van der Waals surface area (Å²) in [5, 5.41) is 2.23. The Balaban J connectivity index is 2.21. The van der Waals surface area contributed by atoms with E-state index >= 15 is 0 Å². The first-order valence-electron chi connectivity index (χ1n) is 6.75. The fourth-order valence-corrected chi connectivity index (χ4v) is 1.94. The largest absolute Gasteiger partial charge is 0.319 e. The molecule has 0 atom stereocenters. The van der Waals surface area contributed by atoms with Crippen LogP contribution in [0.3, 0.4) is 0 Å². The molecular weight excluding hydrogens is 291 g/mol. The third-order valence-corrected chi connectivity index (χ3v) is 3.30. The van der Waals surface area contributed by atoms with E-state index in [-0.39, 0.29) is 5.41 Å². The van der Waals surface area contributed by atoms with Gasteiger partial charge >= 0.3 is 0 Å². The van der Waals surface area contributed by atoms with E-state index in [1.165, 1.54) is 0 Å². The van der Waals surface area contributed by atoms with Crippen molar-refractivity contribution >= 4 is 11.6 Å². The minimum absolute atomic E-state index is 0.0544. The second-order valence-corrected chi connectivity index (χ2v) is 6.00. The lowest BCUT2D eigenvalue weighted by Crippen LogP contribution is -2.15. The van der Waals surface area contributed by atoms with Crippen LogP contribution in [0.2, 0.25) is 0 Å². The molecule has 22 heavy (non-hydrogen) atoms. The summed E-state index contributed by atoms with van der Waals surface area (Å²) in [6, 6.07) is 8.56. The third-order valence-electron chi connectivity index (χ3n) is 3.30. The van der Waals surface area contributed by atoms with Gasteiger partial charge in [-0.15, -0.1) is 0 Å². The first-order chi connectivity index (χ1) is 10.2. The summed E-state index contributed by atoms with van der Waals surface area (Å²) in [6.07, 6.45) is 0. The van der Waals surface area contributed by atoms with Crippen LogP contribution >= 0.6 is 0 Å². The van der Waals surface area contributed by atoms with Gasteiger partial charge in [-0.1, -0.05) is 32.9 Å². The maximum Gasteiger partial charge on any atom is 0.255 e. The topological polar surface area (TPSA) is 29.1 Å². The van der Waals surface area contributed by atoms with E-state index in [2.05, 4.69) is 5.32 Å². The highest BCUT2D eigenvalue weighted by Gasteiger charge is 2.17. The molecule has 0 radical (unpaired) electrons. The minimum atomic E-state index is -1.61. The molecular formula is C17H16F3NO. The molecule has 0 aromatic heterocycles. The van der Waals surface area contributed by atoms with Gasteiger partial charge in [-0.25, -0.2) is 13.2 Å². The first kappa shape index (κ1) is 16.1. The van der Waals surface area contributed by atoms with Crippen molar-refractivity contribution in [3.8, 4) is 0 Å². The quantitative estimate of drug-likeness (QED) is 0.804. The highest BCUT2D eigenvalue weighted by atomic mass is 19.2. The van der Waals surface area contributed by atoms with Gasteiger partial charge in [0.15, 0.2) is 17.5 Å². The summed E-state index contributed by atoms with van der Waals surface area (Å²) >= 11 is 0. The molecule has 5 heteroatoms. The van der Waals surface area contributed by atoms with E-state index in [4.69, 9.17) is 0 Å². The SMILES string of the molecule is CC(C)(C)c1ccc(C(=O)Nc2ccc(F)c(F)c2F)cc1. The minimum Gasteiger partial charge on any atom is -0.319 e. The van der Waals surface area contributed by atoms with Gasteiger partial charge in [0, 0.05) is 5.56 Å². The van der Waals surface area contributed by atoms with Crippen molar-refractivity contribution in [3.63, 3.8) is 0 Å². The molecule has 1 N–H and O–H groups in total. The number of hydrogen-bond acceptors (Lipinski definition) is 1. The third kappa shape index (κ3) is 3.30. The van der Waals surface area contributed by atoms with Gasteiger partial charge in [0.25, 0.3) is 5.91 Å². The van der Waals surface area contributed by atoms with Crippen LogP contribution in [-0.2, 0) is 5.41 Å². The molecule has 2 rings (SSSR count). The zero-order chi connectivity index (χ0) is 16.5. The molecule has 116 valence electrons. The molecule has 0 bridgehead atoms. The fraction of sp³-hybridized carbons (Fsp3) is 0.235. The molecule has 0 fully saturated rings. The second kappa shape index (κ2) is 5.83. The molecule has 0 saturated heterocycles. The van der Waals surface area contributed by atoms with Crippen LogP contribution in [0.5, 0.6) is 0 Å². The van der Waals surface area contributed by atoms with E-state index in [0.717, 1.165) is 17.7 Å². The summed E-state index contributed by atoms with van der Waals surface area (Å²) in [5.41, 5.74) is 0.894.